The third kappa shape index (κ3) is 4.44. The zero-order valence-electron chi connectivity index (χ0n) is 14.2. The number of nitriles is 1. The molecule has 0 aliphatic carbocycles. The minimum absolute atomic E-state index is 0.0863. The predicted molar refractivity (Wildman–Crippen MR) is 92.3 cm³/mol. The van der Waals surface area contributed by atoms with Crippen LogP contribution in [-0.2, 0) is 11.2 Å². The fourth-order valence-corrected chi connectivity index (χ4v) is 2.33. The number of nitrogens with one attached hydrogen (secondary N) is 2. The van der Waals surface area contributed by atoms with Crippen molar-refractivity contribution in [1.29, 1.82) is 5.26 Å². The Kier molecular flexibility index (Phi) is 6.29. The smallest absolute Gasteiger partial charge is 0.249 e. The highest BCUT2D eigenvalue weighted by Crippen LogP contribution is 2.24. The fraction of sp³-hybridized carbons (Fsp3) is 0.333. The van der Waals surface area contributed by atoms with Crippen LogP contribution < -0.4 is 10.1 Å². The van der Waals surface area contributed by atoms with Crippen molar-refractivity contribution in [3.8, 4) is 11.8 Å². The van der Waals surface area contributed by atoms with Crippen molar-refractivity contribution < 1.29 is 14.3 Å². The van der Waals surface area contributed by atoms with Gasteiger partial charge in [0.2, 0.25) is 11.7 Å². The number of carbonyl (C=O) groups is 2. The normalized spacial score (nSPS) is 11.4. The zero-order chi connectivity index (χ0) is 18.2. The van der Waals surface area contributed by atoms with Crippen molar-refractivity contribution in [2.75, 3.05) is 11.9 Å². The Labute approximate surface area is 146 Å². The first-order valence-corrected chi connectivity index (χ1v) is 8.11. The third-order valence-electron chi connectivity index (χ3n) is 3.50. The summed E-state index contributed by atoms with van der Waals surface area (Å²) in [5.41, 5.74) is 1.30. The number of carbonyl (C=O) groups excluding carboxylic acids is 2. The van der Waals surface area contributed by atoms with E-state index in [4.69, 9.17) is 4.74 Å². The first-order valence-electron chi connectivity index (χ1n) is 8.11. The molecule has 0 saturated heterocycles. The largest absolute Gasteiger partial charge is 0.492 e. The van der Waals surface area contributed by atoms with Gasteiger partial charge >= 0.3 is 0 Å². The van der Waals surface area contributed by atoms with E-state index in [0.29, 0.717) is 18.0 Å². The molecule has 2 N–H and O–H groups in total. The number of H-pyrrole nitrogens is 1. The standard InChI is InChI=1S/C18H20N4O3/c1-3-7-12-10-15(22-21-12)17(23)13(11-19)18(24)20-14-8-5-6-9-16(14)25-4-2/h5-6,8-10,13H,3-4,7H2,1-2H3,(H,20,24)(H,21,22). The van der Waals surface area contributed by atoms with E-state index in [9.17, 15) is 14.9 Å². The Morgan fingerprint density at radius 1 is 1.36 bits per heavy atom. The number of nitrogens with zero attached hydrogens (tertiary/aromatic N) is 2. The lowest BCUT2D eigenvalue weighted by Crippen LogP contribution is -2.29. The molecule has 2 aromatic rings. The molecule has 0 bridgehead atoms. The number of hydrogen-bond acceptors (Lipinski definition) is 5. The third-order valence-corrected chi connectivity index (χ3v) is 3.50. The summed E-state index contributed by atoms with van der Waals surface area (Å²) < 4.78 is 5.43. The molecule has 1 aromatic carbocycles. The van der Waals surface area contributed by atoms with Crippen LogP contribution in [0.1, 0.15) is 36.5 Å². The summed E-state index contributed by atoms with van der Waals surface area (Å²) >= 11 is 0. The molecule has 2 rings (SSSR count). The van der Waals surface area contributed by atoms with Crippen molar-refractivity contribution >= 4 is 17.4 Å². The molecule has 1 amide bonds. The minimum Gasteiger partial charge on any atom is -0.492 e. The minimum atomic E-state index is -1.48. The molecule has 0 radical (unpaired) electrons. The molecule has 1 aromatic heterocycles. The second-order valence-corrected chi connectivity index (χ2v) is 5.37. The highest BCUT2D eigenvalue weighted by molar-refractivity contribution is 6.15. The molecule has 0 fully saturated rings. The van der Waals surface area contributed by atoms with Crippen LogP contribution >= 0.6 is 0 Å². The van der Waals surface area contributed by atoms with Crippen LogP contribution in [0, 0.1) is 17.2 Å². The van der Waals surface area contributed by atoms with E-state index in [1.165, 1.54) is 0 Å². The molecule has 7 nitrogen and oxygen atoms in total. The van der Waals surface area contributed by atoms with Gasteiger partial charge in [0.05, 0.1) is 18.4 Å². The van der Waals surface area contributed by atoms with E-state index in [1.807, 2.05) is 13.8 Å². The van der Waals surface area contributed by atoms with Crippen LogP contribution in [0.4, 0.5) is 5.69 Å². The molecule has 130 valence electrons. The first-order chi connectivity index (χ1) is 12.1. The first kappa shape index (κ1) is 18.2. The zero-order valence-corrected chi connectivity index (χ0v) is 14.2. The average Bonchev–Trinajstić information content (AvgIpc) is 3.06. The van der Waals surface area contributed by atoms with Crippen molar-refractivity contribution in [2.45, 2.75) is 26.7 Å². The Bertz CT molecular complexity index is 792. The average molecular weight is 340 g/mol. The molecule has 25 heavy (non-hydrogen) atoms. The number of aryl methyl sites for hydroxylation is 1. The Morgan fingerprint density at radius 3 is 2.80 bits per heavy atom. The molecule has 7 heteroatoms. The van der Waals surface area contributed by atoms with E-state index in [0.717, 1.165) is 18.5 Å². The lowest BCUT2D eigenvalue weighted by atomic mass is 10.0. The summed E-state index contributed by atoms with van der Waals surface area (Å²) in [7, 11) is 0. The van der Waals surface area contributed by atoms with E-state index >= 15 is 0 Å². The van der Waals surface area contributed by atoms with Crippen molar-refractivity contribution in [3.05, 3.63) is 41.7 Å². The number of amides is 1. The number of Topliss-reactive ketones (excluding diaryl/α,β-unsaturated/α-hetero) is 1. The topological polar surface area (TPSA) is 108 Å². The van der Waals surface area contributed by atoms with Gasteiger partial charge in [-0.3, -0.25) is 14.7 Å². The van der Waals surface area contributed by atoms with Crippen molar-refractivity contribution in [3.63, 3.8) is 0 Å². The van der Waals surface area contributed by atoms with E-state index in [1.54, 1.807) is 36.4 Å². The number of hydrogen-bond donors (Lipinski definition) is 2. The molecule has 0 aliphatic rings. The maximum atomic E-state index is 12.4. The lowest BCUT2D eigenvalue weighted by Gasteiger charge is -2.12. The summed E-state index contributed by atoms with van der Waals surface area (Å²) in [6.45, 7) is 4.26. The van der Waals surface area contributed by atoms with E-state index in [2.05, 4.69) is 15.5 Å². The van der Waals surface area contributed by atoms with Gasteiger partial charge in [0.1, 0.15) is 11.4 Å². The Balaban J connectivity index is 2.15. The van der Waals surface area contributed by atoms with Crippen LogP contribution in [-0.4, -0.2) is 28.5 Å². The van der Waals surface area contributed by atoms with Gasteiger partial charge in [-0.25, -0.2) is 0 Å². The Morgan fingerprint density at radius 2 is 2.12 bits per heavy atom. The van der Waals surface area contributed by atoms with Crippen LogP contribution in [0.2, 0.25) is 0 Å². The summed E-state index contributed by atoms with van der Waals surface area (Å²) in [6, 6.07) is 10.2. The van der Waals surface area contributed by atoms with Crippen LogP contribution in [0.25, 0.3) is 0 Å². The quantitative estimate of drug-likeness (QED) is 0.567. The highest BCUT2D eigenvalue weighted by atomic mass is 16.5. The monoisotopic (exact) mass is 340 g/mol. The maximum absolute atomic E-state index is 12.4. The van der Waals surface area contributed by atoms with Gasteiger partial charge in [-0.2, -0.15) is 10.4 Å². The summed E-state index contributed by atoms with van der Waals surface area (Å²) in [6.07, 6.45) is 1.64. The molecule has 0 aliphatic heterocycles. The van der Waals surface area contributed by atoms with Gasteiger partial charge in [0.15, 0.2) is 5.92 Å². The second kappa shape index (κ2) is 8.64. The second-order valence-electron chi connectivity index (χ2n) is 5.37. The van der Waals surface area contributed by atoms with Gasteiger partial charge in [0.25, 0.3) is 0 Å². The van der Waals surface area contributed by atoms with Crippen molar-refractivity contribution in [1.82, 2.24) is 10.2 Å². The van der Waals surface area contributed by atoms with Gasteiger partial charge < -0.3 is 10.1 Å². The number of ether oxygens (including phenoxy) is 1. The van der Waals surface area contributed by atoms with Crippen molar-refractivity contribution in [2.24, 2.45) is 5.92 Å². The molecule has 1 unspecified atom stereocenters. The van der Waals surface area contributed by atoms with Gasteiger partial charge in [0, 0.05) is 5.69 Å². The number of aromatic amines is 1. The predicted octanol–water partition coefficient (Wildman–Crippen LogP) is 2.72. The van der Waals surface area contributed by atoms with Crippen LogP contribution in [0.15, 0.2) is 30.3 Å². The molecular weight excluding hydrogens is 320 g/mol. The number of aromatic nitrogens is 2. The summed E-state index contributed by atoms with van der Waals surface area (Å²) in [5, 5.41) is 18.5. The molecule has 0 saturated carbocycles. The maximum Gasteiger partial charge on any atom is 0.249 e. The SMILES string of the molecule is CCCc1cc(C(=O)C(C#N)C(=O)Nc2ccccc2OCC)n[nH]1. The number of rotatable bonds is 8. The van der Waals surface area contributed by atoms with Crippen LogP contribution in [0.5, 0.6) is 5.75 Å². The molecule has 1 atom stereocenters. The van der Waals surface area contributed by atoms with Gasteiger partial charge in [-0.15, -0.1) is 0 Å². The lowest BCUT2D eigenvalue weighted by molar-refractivity contribution is -0.117. The number of benzene rings is 1. The Hall–Kier alpha value is -3.14. The highest BCUT2D eigenvalue weighted by Gasteiger charge is 2.30. The van der Waals surface area contributed by atoms with E-state index < -0.39 is 17.6 Å². The van der Waals surface area contributed by atoms with Crippen LogP contribution in [0.3, 0.4) is 0 Å². The fourth-order valence-electron chi connectivity index (χ4n) is 2.33. The summed E-state index contributed by atoms with van der Waals surface area (Å²) in [5.74, 6) is -2.34. The summed E-state index contributed by atoms with van der Waals surface area (Å²) in [4.78, 5) is 24.8. The number of anilines is 1. The molecular formula is C18H20N4O3. The number of ketones is 1. The number of para-hydroxylation sites is 2. The van der Waals surface area contributed by atoms with Gasteiger partial charge in [-0.05, 0) is 31.5 Å². The molecule has 1 heterocycles. The molecule has 0 spiro atoms. The van der Waals surface area contributed by atoms with E-state index in [-0.39, 0.29) is 5.69 Å². The van der Waals surface area contributed by atoms with Gasteiger partial charge in [-0.1, -0.05) is 25.5 Å².